The summed E-state index contributed by atoms with van der Waals surface area (Å²) in [5.74, 6) is -0.869. The maximum absolute atomic E-state index is 10.9. The number of ether oxygens (including phenoxy) is 1. The Hall–Kier alpha value is -1.32. The fraction of sp³-hybridized carbons (Fsp3) is 0.636. The lowest BCUT2D eigenvalue weighted by Gasteiger charge is -1.99. The highest BCUT2D eigenvalue weighted by Gasteiger charge is 2.04. The maximum Gasteiger partial charge on any atom is 0.311 e. The van der Waals surface area contributed by atoms with Crippen LogP contribution in [0, 0.1) is 5.92 Å². The summed E-state index contributed by atoms with van der Waals surface area (Å²) in [5.41, 5.74) is 0. The van der Waals surface area contributed by atoms with Gasteiger partial charge < -0.3 is 9.84 Å². The van der Waals surface area contributed by atoms with Gasteiger partial charge in [-0.25, -0.2) is 0 Å². The number of hydrogen-bond donors (Lipinski definition) is 1. The van der Waals surface area contributed by atoms with Crippen LogP contribution >= 0.6 is 0 Å². The normalized spacial score (nSPS) is 10.9. The van der Waals surface area contributed by atoms with E-state index < -0.39 is 11.9 Å². The SMILES string of the molecule is CC(C)CCC=COC(=O)CCC(=O)O. The van der Waals surface area contributed by atoms with Crippen molar-refractivity contribution in [3.8, 4) is 0 Å². The molecule has 86 valence electrons. The Kier molecular flexibility index (Phi) is 7.32. The number of carboxylic acids is 1. The second-order valence-corrected chi connectivity index (χ2v) is 3.73. The highest BCUT2D eigenvalue weighted by molar-refractivity contribution is 5.76. The zero-order chi connectivity index (χ0) is 11.7. The van der Waals surface area contributed by atoms with Crippen LogP contribution in [-0.2, 0) is 14.3 Å². The summed E-state index contributed by atoms with van der Waals surface area (Å²) in [6.45, 7) is 4.24. The lowest BCUT2D eigenvalue weighted by atomic mass is 10.1. The van der Waals surface area contributed by atoms with Crippen molar-refractivity contribution in [3.63, 3.8) is 0 Å². The molecular weight excluding hydrogens is 196 g/mol. The number of hydrogen-bond acceptors (Lipinski definition) is 3. The molecule has 0 atom stereocenters. The van der Waals surface area contributed by atoms with E-state index in [1.54, 1.807) is 6.08 Å². The van der Waals surface area contributed by atoms with Gasteiger partial charge in [0.05, 0.1) is 19.1 Å². The summed E-state index contributed by atoms with van der Waals surface area (Å²) in [4.78, 5) is 21.0. The zero-order valence-corrected chi connectivity index (χ0v) is 9.23. The van der Waals surface area contributed by atoms with Gasteiger partial charge >= 0.3 is 11.9 Å². The van der Waals surface area contributed by atoms with E-state index in [9.17, 15) is 9.59 Å². The molecule has 0 aromatic carbocycles. The maximum atomic E-state index is 10.9. The van der Waals surface area contributed by atoms with Crippen LogP contribution in [0.3, 0.4) is 0 Å². The topological polar surface area (TPSA) is 63.6 Å². The molecule has 0 radical (unpaired) electrons. The highest BCUT2D eigenvalue weighted by atomic mass is 16.5. The van der Waals surface area contributed by atoms with Crippen molar-refractivity contribution in [1.82, 2.24) is 0 Å². The molecule has 0 unspecified atom stereocenters. The number of aliphatic carboxylic acids is 1. The first-order chi connectivity index (χ1) is 7.02. The predicted octanol–water partition coefficient (Wildman–Crippen LogP) is 2.34. The predicted molar refractivity (Wildman–Crippen MR) is 56.2 cm³/mol. The van der Waals surface area contributed by atoms with Crippen molar-refractivity contribution in [2.75, 3.05) is 0 Å². The quantitative estimate of drug-likeness (QED) is 0.522. The lowest BCUT2D eigenvalue weighted by Crippen LogP contribution is -2.03. The van der Waals surface area contributed by atoms with E-state index in [-0.39, 0.29) is 12.8 Å². The molecular formula is C11H18O4. The molecule has 0 saturated heterocycles. The van der Waals surface area contributed by atoms with Crippen molar-refractivity contribution < 1.29 is 19.4 Å². The first-order valence-corrected chi connectivity index (χ1v) is 5.08. The van der Waals surface area contributed by atoms with Crippen LogP contribution in [0.5, 0.6) is 0 Å². The highest BCUT2D eigenvalue weighted by Crippen LogP contribution is 2.04. The molecule has 0 rings (SSSR count). The smallest absolute Gasteiger partial charge is 0.311 e. The molecule has 0 aliphatic heterocycles. The molecule has 4 heteroatoms. The van der Waals surface area contributed by atoms with Gasteiger partial charge in [0.25, 0.3) is 0 Å². The first-order valence-electron chi connectivity index (χ1n) is 5.08. The third kappa shape index (κ3) is 10.6. The van der Waals surface area contributed by atoms with Gasteiger partial charge in [-0.3, -0.25) is 9.59 Å². The minimum absolute atomic E-state index is 0.0795. The van der Waals surface area contributed by atoms with Crippen molar-refractivity contribution in [3.05, 3.63) is 12.3 Å². The molecule has 0 aliphatic carbocycles. The second kappa shape index (κ2) is 8.03. The van der Waals surface area contributed by atoms with E-state index in [0.717, 1.165) is 12.8 Å². The third-order valence-corrected chi connectivity index (χ3v) is 1.75. The molecule has 0 fully saturated rings. The molecule has 0 spiro atoms. The van der Waals surface area contributed by atoms with Gasteiger partial charge in [-0.1, -0.05) is 13.8 Å². The minimum atomic E-state index is -0.990. The number of carboxylic acid groups (broad SMARTS) is 1. The number of esters is 1. The largest absolute Gasteiger partial charge is 0.481 e. The number of allylic oxidation sites excluding steroid dienone is 1. The van der Waals surface area contributed by atoms with Crippen LogP contribution in [0.15, 0.2) is 12.3 Å². The molecule has 0 aliphatic rings. The van der Waals surface area contributed by atoms with Crippen molar-refractivity contribution in [1.29, 1.82) is 0 Å². The molecule has 0 bridgehead atoms. The Labute approximate surface area is 89.9 Å². The summed E-state index contributed by atoms with van der Waals surface area (Å²) in [5, 5.41) is 8.31. The molecule has 4 nitrogen and oxygen atoms in total. The Morgan fingerprint density at radius 3 is 2.53 bits per heavy atom. The van der Waals surface area contributed by atoms with Crippen LogP contribution in [0.1, 0.15) is 39.5 Å². The minimum Gasteiger partial charge on any atom is -0.481 e. The van der Waals surface area contributed by atoms with E-state index in [1.807, 2.05) is 0 Å². The Morgan fingerprint density at radius 1 is 1.33 bits per heavy atom. The standard InChI is InChI=1S/C11H18O4/c1-9(2)5-3-4-8-15-11(14)7-6-10(12)13/h4,8-9H,3,5-7H2,1-2H3,(H,12,13). The monoisotopic (exact) mass is 214 g/mol. The number of carbonyl (C=O) groups excluding carboxylic acids is 1. The average molecular weight is 214 g/mol. The Bertz CT molecular complexity index is 231. The van der Waals surface area contributed by atoms with Crippen molar-refractivity contribution in [2.45, 2.75) is 39.5 Å². The zero-order valence-electron chi connectivity index (χ0n) is 9.23. The number of carbonyl (C=O) groups is 2. The second-order valence-electron chi connectivity index (χ2n) is 3.73. The molecule has 1 N–H and O–H groups in total. The van der Waals surface area contributed by atoms with Gasteiger partial charge in [-0.2, -0.15) is 0 Å². The van der Waals surface area contributed by atoms with Crippen LogP contribution in [0.25, 0.3) is 0 Å². The van der Waals surface area contributed by atoms with E-state index >= 15 is 0 Å². The van der Waals surface area contributed by atoms with E-state index in [0.29, 0.717) is 5.92 Å². The molecule has 0 heterocycles. The van der Waals surface area contributed by atoms with Crippen LogP contribution in [-0.4, -0.2) is 17.0 Å². The van der Waals surface area contributed by atoms with Gasteiger partial charge in [0.1, 0.15) is 0 Å². The van der Waals surface area contributed by atoms with Crippen LogP contribution in [0.4, 0.5) is 0 Å². The number of rotatable bonds is 7. The Morgan fingerprint density at radius 2 is 2.00 bits per heavy atom. The van der Waals surface area contributed by atoms with Crippen LogP contribution in [0.2, 0.25) is 0 Å². The van der Waals surface area contributed by atoms with E-state index in [2.05, 4.69) is 13.8 Å². The molecule has 0 saturated carbocycles. The van der Waals surface area contributed by atoms with Gasteiger partial charge in [0, 0.05) is 0 Å². The van der Waals surface area contributed by atoms with Crippen molar-refractivity contribution in [2.24, 2.45) is 5.92 Å². The van der Waals surface area contributed by atoms with Gasteiger partial charge in [0.2, 0.25) is 0 Å². The summed E-state index contributed by atoms with van der Waals surface area (Å²) >= 11 is 0. The lowest BCUT2D eigenvalue weighted by molar-refractivity contribution is -0.144. The fourth-order valence-corrected chi connectivity index (χ4v) is 0.890. The van der Waals surface area contributed by atoms with Gasteiger partial charge in [-0.15, -0.1) is 0 Å². The molecule has 15 heavy (non-hydrogen) atoms. The summed E-state index contributed by atoms with van der Waals surface area (Å²) in [6.07, 6.45) is 4.76. The van der Waals surface area contributed by atoms with Gasteiger partial charge in [0.15, 0.2) is 0 Å². The van der Waals surface area contributed by atoms with Gasteiger partial charge in [-0.05, 0) is 24.8 Å². The van der Waals surface area contributed by atoms with E-state index in [1.165, 1.54) is 6.26 Å². The van der Waals surface area contributed by atoms with Crippen molar-refractivity contribution >= 4 is 11.9 Å². The summed E-state index contributed by atoms with van der Waals surface area (Å²) < 4.78 is 4.69. The average Bonchev–Trinajstić information content (AvgIpc) is 2.13. The van der Waals surface area contributed by atoms with Crippen LogP contribution < -0.4 is 0 Å². The molecule has 0 amide bonds. The fourth-order valence-electron chi connectivity index (χ4n) is 0.890. The Balaban J connectivity index is 3.49. The summed E-state index contributed by atoms with van der Waals surface area (Å²) in [6, 6.07) is 0. The third-order valence-electron chi connectivity index (χ3n) is 1.75. The summed E-state index contributed by atoms with van der Waals surface area (Å²) in [7, 11) is 0. The van der Waals surface area contributed by atoms with E-state index in [4.69, 9.17) is 9.84 Å². The molecule has 0 aromatic rings. The molecule has 0 aromatic heterocycles. The first kappa shape index (κ1) is 13.7.